The SMILES string of the molecule is Cc1cc(NC(=O)C(C)(C)C)sc1C(=O)N1CCN(Cc2c(F)cccc2Cl)CC1. The summed E-state index contributed by atoms with van der Waals surface area (Å²) in [7, 11) is 0. The van der Waals surface area contributed by atoms with Gasteiger partial charge < -0.3 is 10.2 Å². The fraction of sp³-hybridized carbons (Fsp3) is 0.455. The van der Waals surface area contributed by atoms with Crippen molar-refractivity contribution in [3.05, 3.63) is 51.1 Å². The summed E-state index contributed by atoms with van der Waals surface area (Å²) < 4.78 is 14.0. The van der Waals surface area contributed by atoms with Crippen molar-refractivity contribution < 1.29 is 14.0 Å². The van der Waals surface area contributed by atoms with Crippen LogP contribution in [0.3, 0.4) is 0 Å². The molecule has 5 nitrogen and oxygen atoms in total. The molecule has 1 saturated heterocycles. The molecule has 0 unspecified atom stereocenters. The van der Waals surface area contributed by atoms with Crippen LogP contribution in [0.4, 0.5) is 9.39 Å². The van der Waals surface area contributed by atoms with Crippen molar-refractivity contribution in [1.82, 2.24) is 9.80 Å². The van der Waals surface area contributed by atoms with E-state index in [0.29, 0.717) is 53.2 Å². The monoisotopic (exact) mass is 451 g/mol. The maximum atomic E-state index is 14.0. The maximum absolute atomic E-state index is 14.0. The van der Waals surface area contributed by atoms with E-state index >= 15 is 0 Å². The molecular weight excluding hydrogens is 425 g/mol. The molecule has 0 bridgehead atoms. The fourth-order valence-corrected chi connectivity index (χ4v) is 4.47. The third kappa shape index (κ3) is 5.20. The Hall–Kier alpha value is -1.96. The lowest BCUT2D eigenvalue weighted by atomic mass is 9.96. The van der Waals surface area contributed by atoms with Gasteiger partial charge in [0.15, 0.2) is 0 Å². The molecule has 1 aliphatic rings. The van der Waals surface area contributed by atoms with E-state index in [1.54, 1.807) is 12.1 Å². The molecule has 1 aromatic heterocycles. The highest BCUT2D eigenvalue weighted by Gasteiger charge is 2.27. The summed E-state index contributed by atoms with van der Waals surface area (Å²) in [4.78, 5) is 29.8. The Balaban J connectivity index is 1.61. The predicted octanol–water partition coefficient (Wildman–Crippen LogP) is 4.79. The Morgan fingerprint density at radius 2 is 1.87 bits per heavy atom. The number of benzene rings is 1. The third-order valence-electron chi connectivity index (χ3n) is 5.13. The van der Waals surface area contributed by atoms with E-state index in [1.165, 1.54) is 17.4 Å². The fourth-order valence-electron chi connectivity index (χ4n) is 3.22. The molecule has 1 N–H and O–H groups in total. The van der Waals surface area contributed by atoms with Gasteiger partial charge in [0.1, 0.15) is 5.82 Å². The summed E-state index contributed by atoms with van der Waals surface area (Å²) >= 11 is 7.44. The highest BCUT2D eigenvalue weighted by atomic mass is 35.5. The Labute approximate surface area is 185 Å². The summed E-state index contributed by atoms with van der Waals surface area (Å²) in [6, 6.07) is 6.54. The van der Waals surface area contributed by atoms with E-state index in [0.717, 1.165) is 5.56 Å². The largest absolute Gasteiger partial charge is 0.335 e. The molecule has 2 heterocycles. The smallest absolute Gasteiger partial charge is 0.264 e. The zero-order valence-electron chi connectivity index (χ0n) is 17.7. The Bertz CT molecular complexity index is 926. The average molecular weight is 452 g/mol. The molecule has 3 rings (SSSR count). The van der Waals surface area contributed by atoms with Crippen molar-refractivity contribution in [2.75, 3.05) is 31.5 Å². The molecule has 2 amide bonds. The first-order valence-electron chi connectivity index (χ1n) is 9.92. The second kappa shape index (κ2) is 9.04. The number of rotatable bonds is 4. The lowest BCUT2D eigenvalue weighted by Crippen LogP contribution is -2.48. The molecule has 8 heteroatoms. The number of hydrogen-bond donors (Lipinski definition) is 1. The predicted molar refractivity (Wildman–Crippen MR) is 120 cm³/mol. The number of amides is 2. The second-order valence-electron chi connectivity index (χ2n) is 8.60. The number of carbonyl (C=O) groups is 2. The number of carbonyl (C=O) groups excluding carboxylic acids is 2. The van der Waals surface area contributed by atoms with Crippen molar-refractivity contribution in [2.45, 2.75) is 34.2 Å². The normalized spacial score (nSPS) is 15.3. The summed E-state index contributed by atoms with van der Waals surface area (Å²) in [5.41, 5.74) is 0.849. The van der Waals surface area contributed by atoms with Crippen LogP contribution in [-0.4, -0.2) is 47.8 Å². The van der Waals surface area contributed by atoms with Crippen molar-refractivity contribution >= 4 is 39.8 Å². The number of thiophene rings is 1. The Kier molecular flexibility index (Phi) is 6.84. The number of halogens is 2. The summed E-state index contributed by atoms with van der Waals surface area (Å²) in [6.45, 7) is 10.3. The van der Waals surface area contributed by atoms with Crippen molar-refractivity contribution in [3.8, 4) is 0 Å². The van der Waals surface area contributed by atoms with E-state index in [1.807, 2.05) is 38.7 Å². The quantitative estimate of drug-likeness (QED) is 0.727. The topological polar surface area (TPSA) is 52.7 Å². The van der Waals surface area contributed by atoms with Crippen LogP contribution in [-0.2, 0) is 11.3 Å². The number of piperazine rings is 1. The molecule has 1 aliphatic heterocycles. The first-order valence-corrected chi connectivity index (χ1v) is 11.1. The van der Waals surface area contributed by atoms with Crippen LogP contribution in [0.2, 0.25) is 5.02 Å². The summed E-state index contributed by atoms with van der Waals surface area (Å²) in [6.07, 6.45) is 0. The van der Waals surface area contributed by atoms with Gasteiger partial charge in [0.05, 0.1) is 9.88 Å². The van der Waals surface area contributed by atoms with Gasteiger partial charge in [-0.25, -0.2) is 4.39 Å². The van der Waals surface area contributed by atoms with Gasteiger partial charge in [-0.1, -0.05) is 38.4 Å². The number of nitrogens with one attached hydrogen (secondary N) is 1. The molecular formula is C22H27ClFN3O2S. The van der Waals surface area contributed by atoms with Crippen LogP contribution in [0.15, 0.2) is 24.3 Å². The lowest BCUT2D eigenvalue weighted by molar-refractivity contribution is -0.123. The van der Waals surface area contributed by atoms with Crippen molar-refractivity contribution in [1.29, 1.82) is 0 Å². The molecule has 162 valence electrons. The number of aryl methyl sites for hydroxylation is 1. The van der Waals surface area contributed by atoms with Crippen LogP contribution in [0, 0.1) is 18.2 Å². The minimum Gasteiger partial charge on any atom is -0.335 e. The molecule has 0 aliphatic carbocycles. The molecule has 0 atom stereocenters. The van der Waals surface area contributed by atoms with Crippen molar-refractivity contribution in [3.63, 3.8) is 0 Å². The molecule has 1 fully saturated rings. The van der Waals surface area contributed by atoms with Gasteiger partial charge in [0.2, 0.25) is 5.91 Å². The van der Waals surface area contributed by atoms with Gasteiger partial charge >= 0.3 is 0 Å². The van der Waals surface area contributed by atoms with Gasteiger partial charge in [0.25, 0.3) is 5.91 Å². The van der Waals surface area contributed by atoms with E-state index in [9.17, 15) is 14.0 Å². The van der Waals surface area contributed by atoms with Gasteiger partial charge in [-0.3, -0.25) is 14.5 Å². The zero-order chi connectivity index (χ0) is 22.1. The summed E-state index contributed by atoms with van der Waals surface area (Å²) in [5, 5.41) is 4.01. The number of nitrogens with zero attached hydrogens (tertiary/aromatic N) is 2. The van der Waals surface area contributed by atoms with Gasteiger partial charge in [-0.05, 0) is 30.7 Å². The number of hydrogen-bond acceptors (Lipinski definition) is 4. The second-order valence-corrected chi connectivity index (χ2v) is 10.1. The molecule has 2 aromatic rings. The zero-order valence-corrected chi connectivity index (χ0v) is 19.3. The Morgan fingerprint density at radius 3 is 2.47 bits per heavy atom. The first kappa shape index (κ1) is 22.7. The Morgan fingerprint density at radius 1 is 1.20 bits per heavy atom. The van der Waals surface area contributed by atoms with Crippen LogP contribution < -0.4 is 5.32 Å². The lowest BCUT2D eigenvalue weighted by Gasteiger charge is -2.34. The van der Waals surface area contributed by atoms with E-state index in [-0.39, 0.29) is 17.6 Å². The molecule has 1 aromatic carbocycles. The van der Waals surface area contributed by atoms with Gasteiger partial charge in [-0.2, -0.15) is 0 Å². The molecule has 0 saturated carbocycles. The summed E-state index contributed by atoms with van der Waals surface area (Å²) in [5.74, 6) is -0.416. The molecule has 30 heavy (non-hydrogen) atoms. The van der Waals surface area contributed by atoms with Crippen LogP contribution in [0.25, 0.3) is 0 Å². The van der Waals surface area contributed by atoms with E-state index < -0.39 is 5.41 Å². The van der Waals surface area contributed by atoms with Crippen LogP contribution in [0.1, 0.15) is 41.6 Å². The van der Waals surface area contributed by atoms with Crippen LogP contribution >= 0.6 is 22.9 Å². The highest BCUT2D eigenvalue weighted by molar-refractivity contribution is 7.18. The maximum Gasteiger partial charge on any atom is 0.264 e. The molecule has 0 radical (unpaired) electrons. The number of anilines is 1. The molecule has 0 spiro atoms. The highest BCUT2D eigenvalue weighted by Crippen LogP contribution is 2.30. The third-order valence-corrected chi connectivity index (χ3v) is 6.63. The standard InChI is InChI=1S/C22H27ClFN3O2S/c1-14-12-18(25-21(29)22(2,3)4)30-19(14)20(28)27-10-8-26(9-11-27)13-15-16(23)6-5-7-17(15)24/h5-7,12H,8-11,13H2,1-4H3,(H,25,29). The van der Waals surface area contributed by atoms with Gasteiger partial charge in [0, 0.05) is 48.7 Å². The van der Waals surface area contributed by atoms with E-state index in [4.69, 9.17) is 11.6 Å². The first-order chi connectivity index (χ1) is 14.1. The van der Waals surface area contributed by atoms with Gasteiger partial charge in [-0.15, -0.1) is 11.3 Å². The minimum absolute atomic E-state index is 0.0302. The average Bonchev–Trinajstić information content (AvgIpc) is 3.04. The van der Waals surface area contributed by atoms with Crippen molar-refractivity contribution in [2.24, 2.45) is 5.41 Å². The van der Waals surface area contributed by atoms with E-state index in [2.05, 4.69) is 10.2 Å². The minimum atomic E-state index is -0.500. The van der Waals surface area contributed by atoms with Crippen LogP contribution in [0.5, 0.6) is 0 Å².